The second-order valence-electron chi connectivity index (χ2n) is 7.76. The molecule has 0 unspecified atom stereocenters. The summed E-state index contributed by atoms with van der Waals surface area (Å²) in [5, 5.41) is 5.36. The van der Waals surface area contributed by atoms with Gasteiger partial charge in [-0.15, -0.1) is 11.3 Å². The van der Waals surface area contributed by atoms with Crippen LogP contribution in [0.2, 0.25) is 0 Å². The number of hydrogen-bond acceptors (Lipinski definition) is 6. The van der Waals surface area contributed by atoms with E-state index in [1.165, 1.54) is 29.3 Å². The summed E-state index contributed by atoms with van der Waals surface area (Å²) < 4.78 is 4.09. The van der Waals surface area contributed by atoms with Gasteiger partial charge in [0.2, 0.25) is 5.91 Å². The number of aryl methyl sites for hydroxylation is 2. The molecule has 0 aromatic carbocycles. The van der Waals surface area contributed by atoms with Gasteiger partial charge in [-0.05, 0) is 6.42 Å². The van der Waals surface area contributed by atoms with Gasteiger partial charge < -0.3 is 9.88 Å². The minimum Gasteiger partial charge on any atom is -0.325 e. The molecule has 0 fully saturated rings. The second-order valence-corrected chi connectivity index (χ2v) is 8.61. The molecule has 28 heavy (non-hydrogen) atoms. The summed E-state index contributed by atoms with van der Waals surface area (Å²) in [5.74, 6) is -0.125. The van der Waals surface area contributed by atoms with Crippen molar-refractivity contribution >= 4 is 33.5 Å². The third-order valence-corrected chi connectivity index (χ3v) is 5.30. The molecule has 0 spiro atoms. The second kappa shape index (κ2) is 7.34. The SMILES string of the molecule is Cn1c(=O)c2c(ncn2CCCC(=O)Nc2nc(C(C)(C)C)cs2)n(C)c1=O. The monoisotopic (exact) mass is 404 g/mol. The van der Waals surface area contributed by atoms with Gasteiger partial charge in [0.25, 0.3) is 5.56 Å². The molecular formula is C18H24N6O3S. The first-order valence-corrected chi connectivity index (χ1v) is 9.84. The average molecular weight is 404 g/mol. The molecule has 0 aliphatic heterocycles. The molecule has 1 N–H and O–H groups in total. The average Bonchev–Trinajstić information content (AvgIpc) is 3.25. The highest BCUT2D eigenvalue weighted by Crippen LogP contribution is 2.26. The topological polar surface area (TPSA) is 104 Å². The van der Waals surface area contributed by atoms with Crippen LogP contribution in [0.25, 0.3) is 11.2 Å². The molecule has 0 aliphatic rings. The fourth-order valence-corrected chi connectivity index (χ4v) is 3.79. The highest BCUT2D eigenvalue weighted by atomic mass is 32.1. The maximum atomic E-state index is 12.4. The fourth-order valence-electron chi connectivity index (χ4n) is 2.83. The summed E-state index contributed by atoms with van der Waals surface area (Å²) in [6, 6.07) is 0. The molecule has 0 aliphatic carbocycles. The molecule has 3 aromatic rings. The van der Waals surface area contributed by atoms with Gasteiger partial charge in [0.05, 0.1) is 12.0 Å². The van der Waals surface area contributed by atoms with Gasteiger partial charge in [0.15, 0.2) is 16.3 Å². The zero-order valence-corrected chi connectivity index (χ0v) is 17.5. The van der Waals surface area contributed by atoms with E-state index in [1.807, 2.05) is 5.38 Å². The minimum absolute atomic E-state index is 0.0613. The summed E-state index contributed by atoms with van der Waals surface area (Å²) in [4.78, 5) is 45.2. The van der Waals surface area contributed by atoms with Gasteiger partial charge in [0.1, 0.15) is 0 Å². The van der Waals surface area contributed by atoms with Crippen molar-refractivity contribution in [2.75, 3.05) is 5.32 Å². The van der Waals surface area contributed by atoms with Crippen molar-refractivity contribution in [1.82, 2.24) is 23.7 Å². The normalized spacial score (nSPS) is 11.9. The first-order valence-electron chi connectivity index (χ1n) is 8.96. The van der Waals surface area contributed by atoms with Crippen molar-refractivity contribution < 1.29 is 4.79 Å². The van der Waals surface area contributed by atoms with Crippen LogP contribution in [-0.2, 0) is 30.8 Å². The molecule has 0 radical (unpaired) electrons. The number of imidazole rings is 1. The van der Waals surface area contributed by atoms with E-state index in [0.717, 1.165) is 10.3 Å². The van der Waals surface area contributed by atoms with Gasteiger partial charge in [-0.1, -0.05) is 20.8 Å². The number of nitrogens with one attached hydrogen (secondary N) is 1. The number of nitrogens with zero attached hydrogens (tertiary/aromatic N) is 5. The minimum atomic E-state index is -0.416. The van der Waals surface area contributed by atoms with Crippen LogP contribution in [0.5, 0.6) is 0 Å². The quantitative estimate of drug-likeness (QED) is 0.696. The Morgan fingerprint density at radius 2 is 1.93 bits per heavy atom. The van der Waals surface area contributed by atoms with Crippen molar-refractivity contribution in [3.05, 3.63) is 38.2 Å². The summed E-state index contributed by atoms with van der Waals surface area (Å²) in [6.07, 6.45) is 2.34. The van der Waals surface area contributed by atoms with Crippen LogP contribution in [0, 0.1) is 0 Å². The largest absolute Gasteiger partial charge is 0.332 e. The Morgan fingerprint density at radius 3 is 2.57 bits per heavy atom. The molecule has 0 atom stereocenters. The molecule has 10 heteroatoms. The van der Waals surface area contributed by atoms with Crippen LogP contribution in [0.1, 0.15) is 39.3 Å². The van der Waals surface area contributed by atoms with Crippen LogP contribution >= 0.6 is 11.3 Å². The molecule has 9 nitrogen and oxygen atoms in total. The number of amides is 1. The van der Waals surface area contributed by atoms with E-state index >= 15 is 0 Å². The van der Waals surface area contributed by atoms with Gasteiger partial charge in [-0.3, -0.25) is 18.7 Å². The highest BCUT2D eigenvalue weighted by molar-refractivity contribution is 7.13. The van der Waals surface area contributed by atoms with E-state index in [-0.39, 0.29) is 17.7 Å². The molecule has 1 amide bonds. The Labute approximate surface area is 165 Å². The number of thiazole rings is 1. The van der Waals surface area contributed by atoms with Crippen LogP contribution in [-0.4, -0.2) is 29.6 Å². The molecule has 0 bridgehead atoms. The number of hydrogen-bond donors (Lipinski definition) is 1. The Hall–Kier alpha value is -2.75. The maximum Gasteiger partial charge on any atom is 0.332 e. The van der Waals surface area contributed by atoms with Crippen LogP contribution < -0.4 is 16.6 Å². The lowest BCUT2D eigenvalue weighted by atomic mass is 9.93. The van der Waals surface area contributed by atoms with E-state index in [2.05, 4.69) is 36.1 Å². The Bertz CT molecular complexity index is 1140. The lowest BCUT2D eigenvalue weighted by molar-refractivity contribution is -0.116. The van der Waals surface area contributed by atoms with Crippen molar-refractivity contribution in [3.8, 4) is 0 Å². The first-order chi connectivity index (χ1) is 13.1. The van der Waals surface area contributed by atoms with Crippen molar-refractivity contribution in [1.29, 1.82) is 0 Å². The molecule has 3 heterocycles. The van der Waals surface area contributed by atoms with E-state index in [9.17, 15) is 14.4 Å². The fraction of sp³-hybridized carbons (Fsp3) is 0.500. The van der Waals surface area contributed by atoms with Crippen LogP contribution in [0.3, 0.4) is 0 Å². The predicted octanol–water partition coefficient (Wildman–Crippen LogP) is 1.61. The number of rotatable bonds is 5. The van der Waals surface area contributed by atoms with Crippen LogP contribution in [0.15, 0.2) is 21.3 Å². The van der Waals surface area contributed by atoms with Crippen molar-refractivity contribution in [3.63, 3.8) is 0 Å². The lowest BCUT2D eigenvalue weighted by Gasteiger charge is -2.14. The standard InChI is InChI=1S/C18H24N6O3S/c1-18(2,3)11-9-28-16(20-11)21-12(25)7-6-8-24-10-19-14-13(24)15(26)23(5)17(27)22(14)4/h9-10H,6-8H2,1-5H3,(H,20,21,25). The van der Waals surface area contributed by atoms with Gasteiger partial charge >= 0.3 is 5.69 Å². The third-order valence-electron chi connectivity index (χ3n) is 4.54. The van der Waals surface area contributed by atoms with E-state index in [1.54, 1.807) is 11.6 Å². The van der Waals surface area contributed by atoms with Gasteiger partial charge in [-0.2, -0.15) is 0 Å². The molecule has 3 aromatic heterocycles. The Kier molecular flexibility index (Phi) is 5.24. The zero-order chi connectivity index (χ0) is 20.6. The van der Waals surface area contributed by atoms with E-state index in [0.29, 0.717) is 29.3 Å². The predicted molar refractivity (Wildman–Crippen MR) is 109 cm³/mol. The third kappa shape index (κ3) is 3.77. The maximum absolute atomic E-state index is 12.4. The number of fused-ring (bicyclic) bond motifs is 1. The number of anilines is 1. The van der Waals surface area contributed by atoms with Crippen LogP contribution in [0.4, 0.5) is 5.13 Å². The number of carbonyl (C=O) groups is 1. The lowest BCUT2D eigenvalue weighted by Crippen LogP contribution is -2.37. The van der Waals surface area contributed by atoms with Gasteiger partial charge in [0, 0.05) is 37.9 Å². The van der Waals surface area contributed by atoms with E-state index < -0.39 is 11.2 Å². The van der Waals surface area contributed by atoms with Crippen molar-refractivity contribution in [2.24, 2.45) is 14.1 Å². The zero-order valence-electron chi connectivity index (χ0n) is 16.6. The van der Waals surface area contributed by atoms with Gasteiger partial charge in [-0.25, -0.2) is 14.8 Å². The number of aromatic nitrogens is 5. The van der Waals surface area contributed by atoms with E-state index in [4.69, 9.17) is 0 Å². The Balaban J connectivity index is 1.65. The highest BCUT2D eigenvalue weighted by Gasteiger charge is 2.18. The summed E-state index contributed by atoms with van der Waals surface area (Å²) >= 11 is 1.41. The van der Waals surface area contributed by atoms with Crippen molar-refractivity contribution in [2.45, 2.75) is 45.6 Å². The molecule has 150 valence electrons. The molecule has 0 saturated carbocycles. The smallest absolute Gasteiger partial charge is 0.325 e. The Morgan fingerprint density at radius 1 is 1.21 bits per heavy atom. The summed E-state index contributed by atoms with van der Waals surface area (Å²) in [5.41, 5.74) is 0.778. The number of carbonyl (C=O) groups excluding carboxylic acids is 1. The summed E-state index contributed by atoms with van der Waals surface area (Å²) in [7, 11) is 3.02. The molecular weight excluding hydrogens is 380 g/mol. The molecule has 0 saturated heterocycles. The summed E-state index contributed by atoms with van der Waals surface area (Å²) in [6.45, 7) is 6.66. The molecule has 3 rings (SSSR count). The first kappa shape index (κ1) is 20.0.